The first-order valence-corrected chi connectivity index (χ1v) is 10.1. The van der Waals surface area contributed by atoms with Crippen LogP contribution >= 0.6 is 12.4 Å². The first kappa shape index (κ1) is 23.0. The van der Waals surface area contributed by atoms with Crippen molar-refractivity contribution in [3.05, 3.63) is 59.7 Å². The van der Waals surface area contributed by atoms with Crippen molar-refractivity contribution < 1.29 is 14.3 Å². The Morgan fingerprint density at radius 2 is 1.90 bits per heavy atom. The molecule has 2 aromatic rings. The van der Waals surface area contributed by atoms with Crippen LogP contribution in [0.3, 0.4) is 0 Å². The topological polar surface area (TPSA) is 50.8 Å². The molecule has 3 rings (SSSR count). The molecule has 0 spiro atoms. The van der Waals surface area contributed by atoms with E-state index in [1.54, 1.807) is 7.11 Å². The highest BCUT2D eigenvalue weighted by Crippen LogP contribution is 2.28. The molecule has 1 saturated heterocycles. The fourth-order valence-corrected chi connectivity index (χ4v) is 3.43. The minimum atomic E-state index is 0. The van der Waals surface area contributed by atoms with Crippen molar-refractivity contribution in [3.63, 3.8) is 0 Å². The molecular weight excluding hydrogens is 388 g/mol. The van der Waals surface area contributed by atoms with Crippen LogP contribution in [0.1, 0.15) is 30.4 Å². The predicted octanol–water partition coefficient (Wildman–Crippen LogP) is 3.84. The lowest BCUT2D eigenvalue weighted by Gasteiger charge is -2.15. The number of benzene rings is 2. The molecule has 29 heavy (non-hydrogen) atoms. The molecule has 0 atom stereocenters. The SMILES string of the molecule is COc1cc(CNCCCN2CCCC2=O)ccc1OCCc1ccccc1.Cl. The van der Waals surface area contributed by atoms with Crippen LogP contribution in [0.5, 0.6) is 11.5 Å². The maximum Gasteiger partial charge on any atom is 0.222 e. The van der Waals surface area contributed by atoms with Gasteiger partial charge >= 0.3 is 0 Å². The quantitative estimate of drug-likeness (QED) is 0.563. The average Bonchev–Trinajstić information content (AvgIpc) is 3.14. The van der Waals surface area contributed by atoms with Gasteiger partial charge in [0.2, 0.25) is 5.91 Å². The Morgan fingerprint density at radius 1 is 1.07 bits per heavy atom. The Morgan fingerprint density at radius 3 is 2.62 bits per heavy atom. The van der Waals surface area contributed by atoms with E-state index >= 15 is 0 Å². The molecule has 0 aromatic heterocycles. The number of amides is 1. The van der Waals surface area contributed by atoms with Crippen molar-refractivity contribution in [1.82, 2.24) is 10.2 Å². The molecule has 2 aromatic carbocycles. The van der Waals surface area contributed by atoms with Gasteiger partial charge in [-0.3, -0.25) is 4.79 Å². The van der Waals surface area contributed by atoms with Crippen LogP contribution in [0.4, 0.5) is 0 Å². The Hall–Kier alpha value is -2.24. The van der Waals surface area contributed by atoms with Gasteiger partial charge in [0.25, 0.3) is 0 Å². The van der Waals surface area contributed by atoms with Crippen LogP contribution < -0.4 is 14.8 Å². The zero-order chi connectivity index (χ0) is 19.6. The maximum atomic E-state index is 11.6. The monoisotopic (exact) mass is 418 g/mol. The molecule has 6 heteroatoms. The van der Waals surface area contributed by atoms with Crippen LogP contribution in [0.2, 0.25) is 0 Å². The summed E-state index contributed by atoms with van der Waals surface area (Å²) in [5.74, 6) is 1.83. The Balaban J connectivity index is 0.00000300. The van der Waals surface area contributed by atoms with Crippen molar-refractivity contribution in [3.8, 4) is 11.5 Å². The molecular formula is C23H31ClN2O3. The molecule has 5 nitrogen and oxygen atoms in total. The van der Waals surface area contributed by atoms with Crippen molar-refractivity contribution in [2.24, 2.45) is 0 Å². The highest BCUT2D eigenvalue weighted by atomic mass is 35.5. The van der Waals surface area contributed by atoms with E-state index in [9.17, 15) is 4.79 Å². The van der Waals surface area contributed by atoms with Crippen molar-refractivity contribution >= 4 is 18.3 Å². The summed E-state index contributed by atoms with van der Waals surface area (Å²) in [4.78, 5) is 13.6. The smallest absolute Gasteiger partial charge is 0.222 e. The largest absolute Gasteiger partial charge is 0.493 e. The summed E-state index contributed by atoms with van der Waals surface area (Å²) < 4.78 is 11.4. The number of methoxy groups -OCH3 is 1. The molecule has 0 bridgehead atoms. The molecule has 1 aliphatic rings. The third-order valence-corrected chi connectivity index (χ3v) is 5.00. The number of hydrogen-bond acceptors (Lipinski definition) is 4. The Labute approximate surface area is 179 Å². The second-order valence-corrected chi connectivity index (χ2v) is 7.08. The number of halogens is 1. The zero-order valence-electron chi connectivity index (χ0n) is 17.1. The number of hydrogen-bond donors (Lipinski definition) is 1. The number of carbonyl (C=O) groups excluding carboxylic acids is 1. The van der Waals surface area contributed by atoms with E-state index in [0.29, 0.717) is 18.9 Å². The number of likely N-dealkylation sites (tertiary alicyclic amines) is 1. The van der Waals surface area contributed by atoms with Gasteiger partial charge in [0.15, 0.2) is 11.5 Å². The number of nitrogens with zero attached hydrogens (tertiary/aromatic N) is 1. The Bertz CT molecular complexity index is 755. The predicted molar refractivity (Wildman–Crippen MR) is 118 cm³/mol. The van der Waals surface area contributed by atoms with Gasteiger partial charge < -0.3 is 19.7 Å². The van der Waals surface area contributed by atoms with Gasteiger partial charge in [-0.05, 0) is 42.6 Å². The third-order valence-electron chi connectivity index (χ3n) is 5.00. The minimum absolute atomic E-state index is 0. The molecule has 1 aliphatic heterocycles. The molecule has 0 unspecified atom stereocenters. The number of nitrogens with one attached hydrogen (secondary N) is 1. The molecule has 1 N–H and O–H groups in total. The van der Waals surface area contributed by atoms with E-state index in [-0.39, 0.29) is 12.4 Å². The van der Waals surface area contributed by atoms with Crippen LogP contribution in [0, 0.1) is 0 Å². The first-order valence-electron chi connectivity index (χ1n) is 10.1. The van der Waals surface area contributed by atoms with Crippen molar-refractivity contribution in [1.29, 1.82) is 0 Å². The van der Waals surface area contributed by atoms with Gasteiger partial charge in [-0.2, -0.15) is 0 Å². The van der Waals surface area contributed by atoms with Gasteiger partial charge in [0.1, 0.15) is 0 Å². The first-order chi connectivity index (χ1) is 13.8. The van der Waals surface area contributed by atoms with Gasteiger partial charge in [0.05, 0.1) is 13.7 Å². The average molecular weight is 419 g/mol. The Kier molecular flexibility index (Phi) is 9.81. The lowest BCUT2D eigenvalue weighted by molar-refractivity contribution is -0.127. The highest BCUT2D eigenvalue weighted by Gasteiger charge is 2.18. The van der Waals surface area contributed by atoms with E-state index in [1.165, 1.54) is 5.56 Å². The molecule has 1 amide bonds. The van der Waals surface area contributed by atoms with Crippen LogP contribution in [0.25, 0.3) is 0 Å². The van der Waals surface area contributed by atoms with Gasteiger partial charge in [-0.25, -0.2) is 0 Å². The minimum Gasteiger partial charge on any atom is -0.493 e. The summed E-state index contributed by atoms with van der Waals surface area (Å²) in [6, 6.07) is 16.4. The third kappa shape index (κ3) is 7.26. The normalized spacial score (nSPS) is 13.3. The fourth-order valence-electron chi connectivity index (χ4n) is 3.43. The molecule has 1 heterocycles. The molecule has 158 valence electrons. The van der Waals surface area contributed by atoms with E-state index in [0.717, 1.165) is 62.5 Å². The second-order valence-electron chi connectivity index (χ2n) is 7.08. The van der Waals surface area contributed by atoms with E-state index < -0.39 is 0 Å². The van der Waals surface area contributed by atoms with Crippen molar-refractivity contribution in [2.45, 2.75) is 32.2 Å². The van der Waals surface area contributed by atoms with Crippen LogP contribution in [0.15, 0.2) is 48.5 Å². The number of ether oxygens (including phenoxy) is 2. The van der Waals surface area contributed by atoms with E-state index in [1.807, 2.05) is 35.2 Å². The molecule has 0 aliphatic carbocycles. The summed E-state index contributed by atoms with van der Waals surface area (Å²) >= 11 is 0. The summed E-state index contributed by atoms with van der Waals surface area (Å²) in [6.45, 7) is 4.05. The van der Waals surface area contributed by atoms with Crippen molar-refractivity contribution in [2.75, 3.05) is 33.4 Å². The molecule has 0 saturated carbocycles. The van der Waals surface area contributed by atoms with E-state index in [4.69, 9.17) is 9.47 Å². The van der Waals surface area contributed by atoms with Crippen LogP contribution in [-0.2, 0) is 17.8 Å². The lowest BCUT2D eigenvalue weighted by Crippen LogP contribution is -2.28. The summed E-state index contributed by atoms with van der Waals surface area (Å²) in [5.41, 5.74) is 2.42. The fraction of sp³-hybridized carbons (Fsp3) is 0.435. The number of rotatable bonds is 11. The summed E-state index contributed by atoms with van der Waals surface area (Å²) in [6.07, 6.45) is 3.56. The van der Waals surface area contributed by atoms with Gasteiger partial charge in [-0.15, -0.1) is 12.4 Å². The molecule has 1 fully saturated rings. The number of carbonyl (C=O) groups is 1. The highest BCUT2D eigenvalue weighted by molar-refractivity contribution is 5.85. The second kappa shape index (κ2) is 12.3. The zero-order valence-corrected chi connectivity index (χ0v) is 17.9. The lowest BCUT2D eigenvalue weighted by atomic mass is 10.1. The van der Waals surface area contributed by atoms with Gasteiger partial charge in [-0.1, -0.05) is 36.4 Å². The van der Waals surface area contributed by atoms with Crippen LogP contribution in [-0.4, -0.2) is 44.2 Å². The summed E-state index contributed by atoms with van der Waals surface area (Å²) in [5, 5.41) is 3.44. The van der Waals surface area contributed by atoms with Gasteiger partial charge in [0, 0.05) is 32.5 Å². The maximum absolute atomic E-state index is 11.6. The standard InChI is InChI=1S/C23H30N2O3.ClH/c1-27-22-17-20(18-24-13-6-15-25-14-5-9-23(25)26)10-11-21(22)28-16-12-19-7-3-2-4-8-19;/h2-4,7-8,10-11,17,24H,5-6,9,12-16,18H2,1H3;1H. The van der Waals surface area contributed by atoms with E-state index in [2.05, 4.69) is 23.5 Å². The summed E-state index contributed by atoms with van der Waals surface area (Å²) in [7, 11) is 1.67. The molecule has 0 radical (unpaired) electrons.